The van der Waals surface area contributed by atoms with Gasteiger partial charge in [0.15, 0.2) is 0 Å². The summed E-state index contributed by atoms with van der Waals surface area (Å²) in [7, 11) is 1.81. The maximum atomic E-state index is 6.19. The molecule has 0 radical (unpaired) electrons. The summed E-state index contributed by atoms with van der Waals surface area (Å²) in [6.45, 7) is 9.08. The SMILES string of the molecule is COC1(COc2ccc(C)cc2C)CCN(Cc2cccc(OCCn3ccnc3)c2)CC1. The van der Waals surface area contributed by atoms with Gasteiger partial charge in [-0.15, -0.1) is 0 Å². The van der Waals surface area contributed by atoms with Gasteiger partial charge >= 0.3 is 0 Å². The van der Waals surface area contributed by atoms with Gasteiger partial charge in [0, 0.05) is 39.1 Å². The molecule has 2 aromatic carbocycles. The quantitative estimate of drug-likeness (QED) is 0.451. The minimum Gasteiger partial charge on any atom is -0.492 e. The van der Waals surface area contributed by atoms with Crippen molar-refractivity contribution in [3.05, 3.63) is 77.9 Å². The van der Waals surface area contributed by atoms with Gasteiger partial charge in [-0.25, -0.2) is 4.98 Å². The maximum Gasteiger partial charge on any atom is 0.122 e. The van der Waals surface area contributed by atoms with Crippen molar-refractivity contribution in [1.82, 2.24) is 14.5 Å². The molecule has 6 heteroatoms. The van der Waals surface area contributed by atoms with Crippen LogP contribution in [0.5, 0.6) is 11.5 Å². The third-order valence-electron chi connectivity index (χ3n) is 6.50. The summed E-state index contributed by atoms with van der Waals surface area (Å²) in [6.07, 6.45) is 7.45. The Hall–Kier alpha value is -2.83. The lowest BCUT2D eigenvalue weighted by atomic mass is 9.91. The van der Waals surface area contributed by atoms with Gasteiger partial charge in [-0.05, 0) is 56.0 Å². The third-order valence-corrected chi connectivity index (χ3v) is 6.50. The first-order valence-corrected chi connectivity index (χ1v) is 11.7. The summed E-state index contributed by atoms with van der Waals surface area (Å²) >= 11 is 0. The van der Waals surface area contributed by atoms with E-state index >= 15 is 0 Å². The number of piperidine rings is 1. The molecule has 0 bridgehead atoms. The molecule has 6 nitrogen and oxygen atoms in total. The van der Waals surface area contributed by atoms with Crippen LogP contribution in [0.3, 0.4) is 0 Å². The zero-order valence-corrected chi connectivity index (χ0v) is 20.0. The van der Waals surface area contributed by atoms with Crippen molar-refractivity contribution in [2.45, 2.75) is 45.4 Å². The first-order chi connectivity index (χ1) is 16.0. The fraction of sp³-hybridized carbons (Fsp3) is 0.444. The highest BCUT2D eigenvalue weighted by atomic mass is 16.5. The lowest BCUT2D eigenvalue weighted by Gasteiger charge is -2.40. The molecule has 176 valence electrons. The Balaban J connectivity index is 1.26. The summed E-state index contributed by atoms with van der Waals surface area (Å²) in [5.41, 5.74) is 3.46. The number of benzene rings is 2. The molecule has 33 heavy (non-hydrogen) atoms. The van der Waals surface area contributed by atoms with Gasteiger partial charge in [0.1, 0.15) is 30.3 Å². The number of rotatable bonds is 10. The fourth-order valence-electron chi connectivity index (χ4n) is 4.38. The second-order valence-electron chi connectivity index (χ2n) is 9.02. The van der Waals surface area contributed by atoms with Crippen LogP contribution in [0.2, 0.25) is 0 Å². The topological polar surface area (TPSA) is 48.8 Å². The Kier molecular flexibility index (Phi) is 7.68. The number of hydrogen-bond donors (Lipinski definition) is 0. The molecule has 1 aromatic heterocycles. The van der Waals surface area contributed by atoms with Crippen molar-refractivity contribution >= 4 is 0 Å². The van der Waals surface area contributed by atoms with Crippen LogP contribution in [0, 0.1) is 13.8 Å². The van der Waals surface area contributed by atoms with Crippen molar-refractivity contribution in [2.24, 2.45) is 0 Å². The van der Waals surface area contributed by atoms with Crippen molar-refractivity contribution < 1.29 is 14.2 Å². The number of hydrogen-bond acceptors (Lipinski definition) is 5. The normalized spacial score (nSPS) is 16.0. The van der Waals surface area contributed by atoms with E-state index in [1.54, 1.807) is 6.20 Å². The molecule has 0 amide bonds. The molecule has 1 aliphatic heterocycles. The zero-order valence-electron chi connectivity index (χ0n) is 20.0. The average Bonchev–Trinajstić information content (AvgIpc) is 3.34. The highest BCUT2D eigenvalue weighted by Crippen LogP contribution is 2.29. The number of aromatic nitrogens is 2. The molecular weight excluding hydrogens is 414 g/mol. The largest absolute Gasteiger partial charge is 0.492 e. The predicted molar refractivity (Wildman–Crippen MR) is 130 cm³/mol. The van der Waals surface area contributed by atoms with E-state index in [0.717, 1.165) is 50.5 Å². The van der Waals surface area contributed by atoms with Crippen molar-refractivity contribution in [1.29, 1.82) is 0 Å². The first-order valence-electron chi connectivity index (χ1n) is 11.7. The van der Waals surface area contributed by atoms with E-state index in [9.17, 15) is 0 Å². The van der Waals surface area contributed by atoms with Crippen LogP contribution in [0.4, 0.5) is 0 Å². The number of ether oxygens (including phenoxy) is 3. The number of aryl methyl sites for hydroxylation is 2. The fourth-order valence-corrected chi connectivity index (χ4v) is 4.38. The molecule has 0 spiro atoms. The van der Waals surface area contributed by atoms with Crippen LogP contribution in [-0.2, 0) is 17.8 Å². The van der Waals surface area contributed by atoms with Gasteiger partial charge in [0.25, 0.3) is 0 Å². The minimum absolute atomic E-state index is 0.230. The van der Waals surface area contributed by atoms with Gasteiger partial charge in [0.2, 0.25) is 0 Å². The standard InChI is InChI=1S/C27H35N3O3/c1-22-7-8-26(23(2)17-22)33-20-27(31-3)9-12-29(13-10-27)19-24-5-4-6-25(18-24)32-16-15-30-14-11-28-21-30/h4-8,11,14,17-18,21H,9-10,12-13,15-16,19-20H2,1-3H3. The lowest BCUT2D eigenvalue weighted by Crippen LogP contribution is -2.48. The predicted octanol–water partition coefficient (Wildman–Crippen LogP) is 4.64. The molecule has 0 N–H and O–H groups in total. The van der Waals surface area contributed by atoms with Crippen molar-refractivity contribution in [3.63, 3.8) is 0 Å². The summed E-state index contributed by atoms with van der Waals surface area (Å²) in [4.78, 5) is 6.55. The average molecular weight is 450 g/mol. The number of methoxy groups -OCH3 is 1. The van der Waals surface area contributed by atoms with Gasteiger partial charge in [-0.3, -0.25) is 4.90 Å². The van der Waals surface area contributed by atoms with Crippen LogP contribution in [0.25, 0.3) is 0 Å². The lowest BCUT2D eigenvalue weighted by molar-refractivity contribution is -0.0840. The molecule has 4 rings (SSSR count). The van der Waals surface area contributed by atoms with Crippen molar-refractivity contribution in [2.75, 3.05) is 33.4 Å². The van der Waals surface area contributed by atoms with E-state index < -0.39 is 0 Å². The van der Waals surface area contributed by atoms with Crippen LogP contribution < -0.4 is 9.47 Å². The second-order valence-corrected chi connectivity index (χ2v) is 9.02. The van der Waals surface area contributed by atoms with Crippen molar-refractivity contribution in [3.8, 4) is 11.5 Å². The Labute approximate surface area is 197 Å². The molecule has 3 aromatic rings. The summed E-state index contributed by atoms with van der Waals surface area (Å²) in [5.74, 6) is 1.86. The van der Waals surface area contributed by atoms with E-state index in [1.807, 2.05) is 30.3 Å². The molecular formula is C27H35N3O3. The molecule has 0 aliphatic carbocycles. The molecule has 1 fully saturated rings. The second kappa shape index (κ2) is 10.9. The molecule has 1 aliphatic rings. The summed E-state index contributed by atoms with van der Waals surface area (Å²) < 4.78 is 20.1. The Bertz CT molecular complexity index is 1010. The molecule has 1 saturated heterocycles. The molecule has 2 heterocycles. The zero-order chi connectivity index (χ0) is 23.1. The van der Waals surface area contributed by atoms with Gasteiger partial charge in [0.05, 0.1) is 12.9 Å². The Morgan fingerprint density at radius 2 is 1.88 bits per heavy atom. The van der Waals surface area contributed by atoms with Crippen LogP contribution in [-0.4, -0.2) is 53.5 Å². The number of nitrogens with zero attached hydrogens (tertiary/aromatic N) is 3. The molecule has 0 saturated carbocycles. The van der Waals surface area contributed by atoms with E-state index in [4.69, 9.17) is 14.2 Å². The molecule has 0 unspecified atom stereocenters. The monoisotopic (exact) mass is 449 g/mol. The van der Waals surface area contributed by atoms with Crippen LogP contribution in [0.1, 0.15) is 29.5 Å². The van der Waals surface area contributed by atoms with Gasteiger partial charge in [-0.1, -0.05) is 29.8 Å². The van der Waals surface area contributed by atoms with Gasteiger partial charge < -0.3 is 18.8 Å². The van der Waals surface area contributed by atoms with E-state index in [2.05, 4.69) is 60.1 Å². The summed E-state index contributed by atoms with van der Waals surface area (Å²) in [6, 6.07) is 14.7. The number of likely N-dealkylation sites (tertiary alicyclic amines) is 1. The summed E-state index contributed by atoms with van der Waals surface area (Å²) in [5, 5.41) is 0. The Morgan fingerprint density at radius 3 is 2.61 bits per heavy atom. The number of imidazole rings is 1. The smallest absolute Gasteiger partial charge is 0.122 e. The van der Waals surface area contributed by atoms with Crippen LogP contribution >= 0.6 is 0 Å². The van der Waals surface area contributed by atoms with Crippen LogP contribution in [0.15, 0.2) is 61.2 Å². The van der Waals surface area contributed by atoms with E-state index in [1.165, 1.54) is 16.7 Å². The van der Waals surface area contributed by atoms with E-state index in [0.29, 0.717) is 13.2 Å². The first kappa shape index (κ1) is 23.3. The Morgan fingerprint density at radius 1 is 1.03 bits per heavy atom. The van der Waals surface area contributed by atoms with E-state index in [-0.39, 0.29) is 5.60 Å². The third kappa shape index (κ3) is 6.36. The highest BCUT2D eigenvalue weighted by molar-refractivity contribution is 5.35. The molecule has 0 atom stereocenters. The minimum atomic E-state index is -0.230. The maximum absolute atomic E-state index is 6.19. The van der Waals surface area contributed by atoms with Gasteiger partial charge in [-0.2, -0.15) is 0 Å². The highest BCUT2D eigenvalue weighted by Gasteiger charge is 2.35.